The van der Waals surface area contributed by atoms with Crippen molar-refractivity contribution in [1.82, 2.24) is 9.97 Å². The van der Waals surface area contributed by atoms with Crippen LogP contribution in [0.15, 0.2) is 12.4 Å². The summed E-state index contributed by atoms with van der Waals surface area (Å²) in [5, 5.41) is 0. The van der Waals surface area contributed by atoms with Crippen LogP contribution in [0.3, 0.4) is 0 Å². The Balaban J connectivity index is 2.06. The second kappa shape index (κ2) is 5.25. The van der Waals surface area contributed by atoms with Crippen LogP contribution in [0.2, 0.25) is 0 Å². The third kappa shape index (κ3) is 2.70. The summed E-state index contributed by atoms with van der Waals surface area (Å²) in [4.78, 5) is 11.0. The average Bonchev–Trinajstić information content (AvgIpc) is 2.83. The van der Waals surface area contributed by atoms with Crippen LogP contribution in [0.5, 0.6) is 0 Å². The lowest BCUT2D eigenvalue weighted by molar-refractivity contribution is 0.583. The van der Waals surface area contributed by atoms with Crippen molar-refractivity contribution in [2.24, 2.45) is 11.7 Å². The van der Waals surface area contributed by atoms with Crippen molar-refractivity contribution in [2.45, 2.75) is 26.2 Å². The highest BCUT2D eigenvalue weighted by Gasteiger charge is 2.14. The fourth-order valence-electron chi connectivity index (χ4n) is 2.06. The molecule has 0 aliphatic carbocycles. The first-order valence-electron chi connectivity index (χ1n) is 6.05. The Morgan fingerprint density at radius 2 is 2.12 bits per heavy atom. The molecule has 4 nitrogen and oxygen atoms in total. The molecule has 1 aromatic rings. The van der Waals surface area contributed by atoms with Gasteiger partial charge in [-0.05, 0) is 31.7 Å². The molecule has 0 saturated carbocycles. The Kier molecular flexibility index (Phi) is 3.72. The van der Waals surface area contributed by atoms with Gasteiger partial charge in [-0.1, -0.05) is 6.92 Å². The van der Waals surface area contributed by atoms with Crippen molar-refractivity contribution in [3.63, 3.8) is 0 Å². The molecule has 0 bridgehead atoms. The van der Waals surface area contributed by atoms with Crippen molar-refractivity contribution in [3.05, 3.63) is 18.1 Å². The predicted octanol–water partition coefficient (Wildman–Crippen LogP) is 1.21. The molecule has 0 aromatic carbocycles. The summed E-state index contributed by atoms with van der Waals surface area (Å²) in [5.74, 6) is 1.56. The van der Waals surface area contributed by atoms with E-state index >= 15 is 0 Å². The molecule has 2 N–H and O–H groups in total. The number of nitrogens with two attached hydrogens (primary N) is 1. The zero-order valence-electron chi connectivity index (χ0n) is 9.89. The molecule has 4 heteroatoms. The number of nitrogens with zero attached hydrogens (tertiary/aromatic N) is 3. The van der Waals surface area contributed by atoms with Crippen molar-refractivity contribution in [3.8, 4) is 0 Å². The number of aromatic nitrogens is 2. The Morgan fingerprint density at radius 1 is 1.38 bits per heavy atom. The van der Waals surface area contributed by atoms with Crippen LogP contribution in [0.1, 0.15) is 25.5 Å². The van der Waals surface area contributed by atoms with Crippen LogP contribution in [-0.4, -0.2) is 29.6 Å². The molecule has 1 aliphatic heterocycles. The number of hydrogen-bond acceptors (Lipinski definition) is 4. The van der Waals surface area contributed by atoms with E-state index in [4.69, 9.17) is 5.73 Å². The smallest absolute Gasteiger partial charge is 0.132 e. The molecule has 0 spiro atoms. The van der Waals surface area contributed by atoms with Crippen LogP contribution in [0.25, 0.3) is 0 Å². The maximum Gasteiger partial charge on any atom is 0.132 e. The Labute approximate surface area is 96.9 Å². The molecule has 1 saturated heterocycles. The molecule has 2 rings (SSSR count). The summed E-state index contributed by atoms with van der Waals surface area (Å²) in [6.45, 7) is 5.12. The van der Waals surface area contributed by atoms with Crippen LogP contribution in [0.4, 0.5) is 5.82 Å². The van der Waals surface area contributed by atoms with Gasteiger partial charge in [0.15, 0.2) is 0 Å². The lowest BCUT2D eigenvalue weighted by Crippen LogP contribution is -2.20. The van der Waals surface area contributed by atoms with Gasteiger partial charge in [-0.2, -0.15) is 0 Å². The van der Waals surface area contributed by atoms with Gasteiger partial charge in [0.1, 0.15) is 12.1 Å². The molecule has 1 fully saturated rings. The summed E-state index contributed by atoms with van der Waals surface area (Å²) >= 11 is 0. The van der Waals surface area contributed by atoms with Crippen LogP contribution in [0, 0.1) is 5.92 Å². The molecule has 1 aliphatic rings. The van der Waals surface area contributed by atoms with Gasteiger partial charge in [0.25, 0.3) is 0 Å². The predicted molar refractivity (Wildman–Crippen MR) is 65.4 cm³/mol. The summed E-state index contributed by atoms with van der Waals surface area (Å²) < 4.78 is 0. The topological polar surface area (TPSA) is 55.0 Å². The number of rotatable bonds is 4. The SMILES string of the molecule is CC(CN)Cc1cc(N2CCCC2)ncn1. The minimum atomic E-state index is 0.487. The molecule has 2 heterocycles. The molecular weight excluding hydrogens is 200 g/mol. The molecular formula is C12H20N4. The normalized spacial score (nSPS) is 17.8. The van der Waals surface area contributed by atoms with Gasteiger partial charge in [0.05, 0.1) is 0 Å². The highest BCUT2D eigenvalue weighted by molar-refractivity contribution is 5.39. The second-order valence-corrected chi connectivity index (χ2v) is 4.61. The van der Waals surface area contributed by atoms with E-state index in [1.54, 1.807) is 6.33 Å². The Morgan fingerprint density at radius 3 is 2.81 bits per heavy atom. The van der Waals surface area contributed by atoms with Gasteiger partial charge in [0.2, 0.25) is 0 Å². The highest BCUT2D eigenvalue weighted by atomic mass is 15.2. The molecule has 1 unspecified atom stereocenters. The monoisotopic (exact) mass is 220 g/mol. The summed E-state index contributed by atoms with van der Waals surface area (Å²) in [5.41, 5.74) is 6.73. The van der Waals surface area contributed by atoms with Crippen LogP contribution in [-0.2, 0) is 6.42 Å². The third-order valence-corrected chi connectivity index (χ3v) is 3.10. The van der Waals surface area contributed by atoms with E-state index in [0.717, 1.165) is 31.0 Å². The highest BCUT2D eigenvalue weighted by Crippen LogP contribution is 2.18. The van der Waals surface area contributed by atoms with E-state index in [0.29, 0.717) is 12.5 Å². The van der Waals surface area contributed by atoms with Crippen molar-refractivity contribution in [2.75, 3.05) is 24.5 Å². The van der Waals surface area contributed by atoms with E-state index < -0.39 is 0 Å². The minimum absolute atomic E-state index is 0.487. The average molecular weight is 220 g/mol. The van der Waals surface area contributed by atoms with Crippen LogP contribution < -0.4 is 10.6 Å². The first-order chi connectivity index (χ1) is 7.79. The van der Waals surface area contributed by atoms with E-state index in [9.17, 15) is 0 Å². The maximum atomic E-state index is 5.63. The first-order valence-corrected chi connectivity index (χ1v) is 6.05. The largest absolute Gasteiger partial charge is 0.357 e. The first kappa shape index (κ1) is 11.3. The summed E-state index contributed by atoms with van der Waals surface area (Å²) in [7, 11) is 0. The molecule has 0 radical (unpaired) electrons. The molecule has 88 valence electrons. The fourth-order valence-corrected chi connectivity index (χ4v) is 2.06. The molecule has 1 aromatic heterocycles. The lowest BCUT2D eigenvalue weighted by atomic mass is 10.1. The van der Waals surface area contributed by atoms with Gasteiger partial charge in [0, 0.05) is 24.8 Å². The van der Waals surface area contributed by atoms with Crippen molar-refractivity contribution in [1.29, 1.82) is 0 Å². The van der Waals surface area contributed by atoms with E-state index in [2.05, 4.69) is 27.9 Å². The second-order valence-electron chi connectivity index (χ2n) is 4.61. The number of anilines is 1. The van der Waals surface area contributed by atoms with E-state index in [-0.39, 0.29) is 0 Å². The van der Waals surface area contributed by atoms with E-state index in [1.807, 2.05) is 0 Å². The van der Waals surface area contributed by atoms with Crippen molar-refractivity contribution >= 4 is 5.82 Å². The van der Waals surface area contributed by atoms with Gasteiger partial charge >= 0.3 is 0 Å². The maximum absolute atomic E-state index is 5.63. The Hall–Kier alpha value is -1.16. The van der Waals surface area contributed by atoms with Gasteiger partial charge in [-0.25, -0.2) is 9.97 Å². The zero-order chi connectivity index (χ0) is 11.4. The number of hydrogen-bond donors (Lipinski definition) is 1. The van der Waals surface area contributed by atoms with Crippen LogP contribution >= 0.6 is 0 Å². The third-order valence-electron chi connectivity index (χ3n) is 3.10. The quantitative estimate of drug-likeness (QED) is 0.828. The van der Waals surface area contributed by atoms with Gasteiger partial charge < -0.3 is 10.6 Å². The molecule has 0 amide bonds. The standard InChI is InChI=1S/C12H20N4/c1-10(8-13)6-11-7-12(15-9-14-11)16-4-2-3-5-16/h7,9-10H,2-6,8,13H2,1H3. The molecule has 1 atom stereocenters. The summed E-state index contributed by atoms with van der Waals surface area (Å²) in [6, 6.07) is 2.11. The lowest BCUT2D eigenvalue weighted by Gasteiger charge is -2.17. The van der Waals surface area contributed by atoms with Crippen molar-refractivity contribution < 1.29 is 0 Å². The minimum Gasteiger partial charge on any atom is -0.357 e. The Bertz CT molecular complexity index is 334. The van der Waals surface area contributed by atoms with Gasteiger partial charge in [-0.15, -0.1) is 0 Å². The van der Waals surface area contributed by atoms with E-state index in [1.165, 1.54) is 12.8 Å². The zero-order valence-corrected chi connectivity index (χ0v) is 9.89. The fraction of sp³-hybridized carbons (Fsp3) is 0.667. The van der Waals surface area contributed by atoms with Gasteiger partial charge in [-0.3, -0.25) is 0 Å². The molecule has 16 heavy (non-hydrogen) atoms. The summed E-state index contributed by atoms with van der Waals surface area (Å²) in [6.07, 6.45) is 5.17.